The third-order valence-corrected chi connectivity index (χ3v) is 2.30. The SMILES string of the molecule is CC(C)(C)C(OP(=O)(O)O)C(C)(C)C. The number of phosphoric ester groups is 1. The molecule has 0 aromatic heterocycles. The van der Waals surface area contributed by atoms with Crippen molar-refractivity contribution in [3.8, 4) is 0 Å². The quantitative estimate of drug-likeness (QED) is 0.707. The summed E-state index contributed by atoms with van der Waals surface area (Å²) in [7, 11) is -4.41. The van der Waals surface area contributed by atoms with Crippen LogP contribution in [0.25, 0.3) is 0 Å². The molecule has 0 aliphatic rings. The van der Waals surface area contributed by atoms with Crippen molar-refractivity contribution in [1.82, 2.24) is 0 Å². The van der Waals surface area contributed by atoms with Gasteiger partial charge in [0.15, 0.2) is 0 Å². The summed E-state index contributed by atoms with van der Waals surface area (Å²) in [5.74, 6) is 0. The molecule has 0 aromatic rings. The standard InChI is InChI=1S/C9H21O4P/c1-8(2,3)7(9(4,5)6)13-14(10,11)12/h7H,1-6H3,(H2,10,11,12). The monoisotopic (exact) mass is 224 g/mol. The lowest BCUT2D eigenvalue weighted by molar-refractivity contribution is -0.0217. The van der Waals surface area contributed by atoms with Crippen LogP contribution in [0, 0.1) is 10.8 Å². The van der Waals surface area contributed by atoms with E-state index in [1.54, 1.807) is 0 Å². The molecule has 0 bridgehead atoms. The van der Waals surface area contributed by atoms with Gasteiger partial charge in [0.05, 0.1) is 6.10 Å². The fourth-order valence-electron chi connectivity index (χ4n) is 1.75. The average Bonchev–Trinajstić information content (AvgIpc) is 1.75. The van der Waals surface area contributed by atoms with Crippen molar-refractivity contribution >= 4 is 7.82 Å². The first-order chi connectivity index (χ1) is 5.84. The molecule has 0 unspecified atom stereocenters. The van der Waals surface area contributed by atoms with Crippen LogP contribution < -0.4 is 0 Å². The lowest BCUT2D eigenvalue weighted by atomic mass is 9.74. The molecule has 0 spiro atoms. The molecule has 0 aromatic carbocycles. The molecule has 0 heterocycles. The van der Waals surface area contributed by atoms with Crippen LogP contribution in [0.15, 0.2) is 0 Å². The van der Waals surface area contributed by atoms with Gasteiger partial charge in [-0.25, -0.2) is 4.57 Å². The summed E-state index contributed by atoms with van der Waals surface area (Å²) >= 11 is 0. The predicted octanol–water partition coefficient (Wildman–Crippen LogP) is 2.56. The Morgan fingerprint density at radius 3 is 1.36 bits per heavy atom. The van der Waals surface area contributed by atoms with Gasteiger partial charge in [0.2, 0.25) is 0 Å². The van der Waals surface area contributed by atoms with Crippen molar-refractivity contribution in [1.29, 1.82) is 0 Å². The number of hydrogen-bond acceptors (Lipinski definition) is 2. The van der Waals surface area contributed by atoms with Crippen molar-refractivity contribution in [3.05, 3.63) is 0 Å². The van der Waals surface area contributed by atoms with Crippen LogP contribution in [0.4, 0.5) is 0 Å². The molecule has 5 heteroatoms. The van der Waals surface area contributed by atoms with E-state index in [4.69, 9.17) is 14.3 Å². The molecule has 86 valence electrons. The third kappa shape index (κ3) is 5.11. The molecule has 14 heavy (non-hydrogen) atoms. The zero-order chi connectivity index (χ0) is 11.8. The second-order valence-electron chi connectivity index (χ2n) is 5.71. The number of phosphoric acid groups is 1. The highest BCUT2D eigenvalue weighted by Crippen LogP contribution is 2.47. The van der Waals surface area contributed by atoms with E-state index in [0.717, 1.165) is 0 Å². The highest BCUT2D eigenvalue weighted by Gasteiger charge is 2.40. The second-order valence-corrected chi connectivity index (χ2v) is 6.90. The van der Waals surface area contributed by atoms with Crippen molar-refractivity contribution in [2.24, 2.45) is 10.8 Å². The maximum atomic E-state index is 10.8. The Hall–Kier alpha value is 0.110. The fourth-order valence-corrected chi connectivity index (χ4v) is 2.66. The fraction of sp³-hybridized carbons (Fsp3) is 1.00. The van der Waals surface area contributed by atoms with Crippen LogP contribution in [0.1, 0.15) is 41.5 Å². The minimum absolute atomic E-state index is 0.306. The summed E-state index contributed by atoms with van der Waals surface area (Å²) in [6.07, 6.45) is -0.490. The molecule has 4 nitrogen and oxygen atoms in total. The van der Waals surface area contributed by atoms with Crippen LogP contribution in [0.2, 0.25) is 0 Å². The topological polar surface area (TPSA) is 66.8 Å². The minimum atomic E-state index is -4.41. The summed E-state index contributed by atoms with van der Waals surface area (Å²) in [5.41, 5.74) is -0.612. The van der Waals surface area contributed by atoms with E-state index >= 15 is 0 Å². The average molecular weight is 224 g/mol. The van der Waals surface area contributed by atoms with Gasteiger partial charge in [-0.2, -0.15) is 0 Å². The molecule has 2 N–H and O–H groups in total. The Balaban J connectivity index is 4.87. The largest absolute Gasteiger partial charge is 0.469 e. The highest BCUT2D eigenvalue weighted by atomic mass is 31.2. The highest BCUT2D eigenvalue weighted by molar-refractivity contribution is 7.46. The smallest absolute Gasteiger partial charge is 0.303 e. The van der Waals surface area contributed by atoms with E-state index in [0.29, 0.717) is 0 Å². The van der Waals surface area contributed by atoms with Crippen molar-refractivity contribution in [2.45, 2.75) is 47.6 Å². The Labute approximate surface area is 85.9 Å². The van der Waals surface area contributed by atoms with E-state index in [9.17, 15) is 4.57 Å². The zero-order valence-corrected chi connectivity index (χ0v) is 10.6. The van der Waals surface area contributed by atoms with Crippen LogP contribution >= 0.6 is 7.82 Å². The molecular weight excluding hydrogens is 203 g/mol. The molecule has 0 radical (unpaired) electrons. The normalized spacial score (nSPS) is 14.9. The minimum Gasteiger partial charge on any atom is -0.303 e. The van der Waals surface area contributed by atoms with Crippen molar-refractivity contribution in [2.75, 3.05) is 0 Å². The lowest BCUT2D eigenvalue weighted by Crippen LogP contribution is -2.39. The first-order valence-corrected chi connectivity index (χ1v) is 6.11. The lowest BCUT2D eigenvalue weighted by Gasteiger charge is -2.39. The van der Waals surface area contributed by atoms with Gasteiger partial charge in [0.1, 0.15) is 0 Å². The van der Waals surface area contributed by atoms with Crippen molar-refractivity contribution in [3.63, 3.8) is 0 Å². The van der Waals surface area contributed by atoms with Gasteiger partial charge in [-0.3, -0.25) is 4.52 Å². The number of rotatable bonds is 2. The van der Waals surface area contributed by atoms with Gasteiger partial charge in [0.25, 0.3) is 0 Å². The van der Waals surface area contributed by atoms with E-state index in [2.05, 4.69) is 0 Å². The van der Waals surface area contributed by atoms with Gasteiger partial charge in [-0.15, -0.1) is 0 Å². The molecule has 0 aliphatic carbocycles. The van der Waals surface area contributed by atoms with Gasteiger partial charge >= 0.3 is 7.82 Å². The van der Waals surface area contributed by atoms with E-state index < -0.39 is 13.9 Å². The second kappa shape index (κ2) is 3.93. The van der Waals surface area contributed by atoms with Gasteiger partial charge < -0.3 is 9.79 Å². The van der Waals surface area contributed by atoms with E-state index in [-0.39, 0.29) is 10.8 Å². The Morgan fingerprint density at radius 1 is 1.00 bits per heavy atom. The molecule has 0 fully saturated rings. The molecule has 0 rings (SSSR count). The Kier molecular flexibility index (Phi) is 3.96. The summed E-state index contributed by atoms with van der Waals surface area (Å²) in [6.45, 7) is 11.4. The van der Waals surface area contributed by atoms with Crippen LogP contribution in [-0.4, -0.2) is 15.9 Å². The summed E-state index contributed by atoms with van der Waals surface area (Å²) in [4.78, 5) is 17.6. The van der Waals surface area contributed by atoms with Crippen LogP contribution in [0.5, 0.6) is 0 Å². The van der Waals surface area contributed by atoms with Gasteiger partial charge in [0, 0.05) is 0 Å². The first-order valence-electron chi connectivity index (χ1n) is 4.58. The molecule has 0 atom stereocenters. The van der Waals surface area contributed by atoms with Crippen LogP contribution in [0.3, 0.4) is 0 Å². The first kappa shape index (κ1) is 14.1. The molecule has 0 amide bonds. The molecular formula is C9H21O4P. The van der Waals surface area contributed by atoms with E-state index in [1.807, 2.05) is 41.5 Å². The predicted molar refractivity (Wildman–Crippen MR) is 55.8 cm³/mol. The maximum Gasteiger partial charge on any atom is 0.469 e. The third-order valence-electron chi connectivity index (χ3n) is 1.82. The number of hydrogen-bond donors (Lipinski definition) is 2. The zero-order valence-electron chi connectivity index (χ0n) is 9.74. The van der Waals surface area contributed by atoms with Gasteiger partial charge in [-0.05, 0) is 10.8 Å². The summed E-state index contributed by atoms with van der Waals surface area (Å²) in [5, 5.41) is 0. The van der Waals surface area contributed by atoms with Gasteiger partial charge in [-0.1, -0.05) is 41.5 Å². The van der Waals surface area contributed by atoms with Crippen LogP contribution in [-0.2, 0) is 9.09 Å². The Morgan fingerprint density at radius 2 is 1.29 bits per heavy atom. The van der Waals surface area contributed by atoms with E-state index in [1.165, 1.54) is 0 Å². The maximum absolute atomic E-state index is 10.8. The summed E-state index contributed by atoms with van der Waals surface area (Å²) in [6, 6.07) is 0. The molecule has 0 aliphatic heterocycles. The Bertz CT molecular complexity index is 216. The molecule has 0 saturated heterocycles. The summed E-state index contributed by atoms with van der Waals surface area (Å²) < 4.78 is 15.6. The molecule has 0 saturated carbocycles. The van der Waals surface area contributed by atoms with Crippen molar-refractivity contribution < 1.29 is 18.9 Å².